The smallest absolute Gasteiger partial charge is 0.268 e. The highest BCUT2D eigenvalue weighted by Gasteiger charge is 2.65. The van der Waals surface area contributed by atoms with E-state index in [9.17, 15) is 18.8 Å². The van der Waals surface area contributed by atoms with E-state index in [-0.39, 0.29) is 12.3 Å². The number of carbonyl (C=O) groups excluding carboxylic acids is 3. The zero-order valence-corrected chi connectivity index (χ0v) is 24.6. The van der Waals surface area contributed by atoms with E-state index in [1.807, 2.05) is 43.3 Å². The van der Waals surface area contributed by atoms with Crippen LogP contribution in [-0.4, -0.2) is 41.8 Å². The number of aromatic amines is 1. The summed E-state index contributed by atoms with van der Waals surface area (Å²) in [7, 11) is 3.94. The Morgan fingerprint density at radius 2 is 1.73 bits per heavy atom. The fourth-order valence-electron chi connectivity index (χ4n) is 5.37. The summed E-state index contributed by atoms with van der Waals surface area (Å²) in [5, 5.41) is 6.24. The minimum atomic E-state index is -1.40. The van der Waals surface area contributed by atoms with Gasteiger partial charge in [0.05, 0.1) is 5.39 Å². The molecule has 3 aromatic carbocycles. The van der Waals surface area contributed by atoms with Crippen LogP contribution in [-0.2, 0) is 16.1 Å². The van der Waals surface area contributed by atoms with Gasteiger partial charge in [0.2, 0.25) is 11.8 Å². The molecular weight excluding hydrogens is 575 g/mol. The number of nitrogens with one attached hydrogen (secondary N) is 3. The number of aromatic nitrogens is 2. The zero-order chi connectivity index (χ0) is 31.7. The van der Waals surface area contributed by atoms with E-state index < -0.39 is 29.0 Å². The van der Waals surface area contributed by atoms with Crippen LogP contribution in [0.2, 0.25) is 0 Å². The van der Waals surface area contributed by atoms with Crippen molar-refractivity contribution < 1.29 is 23.5 Å². The summed E-state index contributed by atoms with van der Waals surface area (Å²) in [5.41, 5.74) is 8.33. The highest BCUT2D eigenvalue weighted by molar-refractivity contribution is 6.14. The summed E-state index contributed by atoms with van der Waals surface area (Å²) in [5.74, 6) is -1.35. The van der Waals surface area contributed by atoms with E-state index in [0.29, 0.717) is 40.5 Å². The number of hydrogen-bond acceptors (Lipinski definition) is 6. The van der Waals surface area contributed by atoms with Crippen molar-refractivity contribution in [1.29, 1.82) is 0 Å². The number of hydrogen-bond donors (Lipinski definition) is 4. The largest absolute Gasteiger partial charge is 0.457 e. The summed E-state index contributed by atoms with van der Waals surface area (Å²) < 4.78 is 19.4. The SMILES string of the molecule is CN(C)c1ccc(CNC(=O)c2cc3c(Oc4ccc(C5CC5(C(N)=O)C(=O)Nc5ccc(F)cc5)cc4)ccnc3[nH]2)cc1. The third-order valence-electron chi connectivity index (χ3n) is 8.06. The third kappa shape index (κ3) is 5.92. The fourth-order valence-corrected chi connectivity index (χ4v) is 5.37. The van der Waals surface area contributed by atoms with Crippen molar-refractivity contribution in [1.82, 2.24) is 15.3 Å². The summed E-state index contributed by atoms with van der Waals surface area (Å²) in [6.07, 6.45) is 1.85. The molecule has 1 fully saturated rings. The number of pyridine rings is 1. The van der Waals surface area contributed by atoms with Crippen molar-refractivity contribution in [2.75, 3.05) is 24.3 Å². The molecule has 1 aliphatic rings. The van der Waals surface area contributed by atoms with Crippen molar-refractivity contribution >= 4 is 40.1 Å². The van der Waals surface area contributed by atoms with Crippen LogP contribution in [0.1, 0.15) is 34.0 Å². The molecule has 2 unspecified atom stereocenters. The first-order valence-electron chi connectivity index (χ1n) is 14.3. The van der Waals surface area contributed by atoms with Gasteiger partial charge >= 0.3 is 0 Å². The van der Waals surface area contributed by atoms with Crippen molar-refractivity contribution in [2.24, 2.45) is 11.1 Å². The maximum atomic E-state index is 13.3. The molecule has 228 valence electrons. The third-order valence-corrected chi connectivity index (χ3v) is 8.06. The number of amides is 3. The quantitative estimate of drug-likeness (QED) is 0.163. The van der Waals surface area contributed by atoms with Crippen LogP contribution in [0.15, 0.2) is 91.1 Å². The molecule has 5 aromatic rings. The Hall–Kier alpha value is -5.71. The Balaban J connectivity index is 1.12. The molecule has 6 rings (SSSR count). The number of fused-ring (bicyclic) bond motifs is 1. The minimum Gasteiger partial charge on any atom is -0.457 e. The van der Waals surface area contributed by atoms with Gasteiger partial charge in [0.15, 0.2) is 0 Å². The molecule has 0 aliphatic heterocycles. The molecule has 2 atom stereocenters. The summed E-state index contributed by atoms with van der Waals surface area (Å²) in [6, 6.07) is 23.7. The minimum absolute atomic E-state index is 0.260. The highest BCUT2D eigenvalue weighted by Crippen LogP contribution is 2.60. The van der Waals surface area contributed by atoms with Gasteiger partial charge in [0.1, 0.15) is 34.1 Å². The number of nitrogens with zero attached hydrogens (tertiary/aromatic N) is 2. The second kappa shape index (κ2) is 11.8. The first-order valence-corrected chi connectivity index (χ1v) is 14.3. The van der Waals surface area contributed by atoms with Crippen LogP contribution >= 0.6 is 0 Å². The number of benzene rings is 3. The van der Waals surface area contributed by atoms with Gasteiger partial charge in [-0.2, -0.15) is 0 Å². The van der Waals surface area contributed by atoms with Gasteiger partial charge < -0.3 is 31.0 Å². The number of halogens is 1. The lowest BCUT2D eigenvalue weighted by Crippen LogP contribution is -2.37. The van der Waals surface area contributed by atoms with Crippen LogP contribution < -0.4 is 26.0 Å². The molecule has 0 spiro atoms. The van der Waals surface area contributed by atoms with Crippen LogP contribution in [0, 0.1) is 11.2 Å². The van der Waals surface area contributed by atoms with Gasteiger partial charge in [0, 0.05) is 44.1 Å². The van der Waals surface area contributed by atoms with Crippen molar-refractivity contribution in [2.45, 2.75) is 18.9 Å². The van der Waals surface area contributed by atoms with Crippen LogP contribution in [0.25, 0.3) is 11.0 Å². The van der Waals surface area contributed by atoms with Gasteiger partial charge in [-0.25, -0.2) is 9.37 Å². The molecule has 5 N–H and O–H groups in total. The number of carbonyl (C=O) groups is 3. The molecule has 3 amide bonds. The number of nitrogens with two attached hydrogens (primary N) is 1. The van der Waals surface area contributed by atoms with Crippen molar-refractivity contribution in [3.05, 3.63) is 114 Å². The molecule has 1 saturated carbocycles. The molecule has 1 aliphatic carbocycles. The second-order valence-electron chi connectivity index (χ2n) is 11.2. The van der Waals surface area contributed by atoms with Gasteiger partial charge in [-0.15, -0.1) is 0 Å². The second-order valence-corrected chi connectivity index (χ2v) is 11.2. The van der Waals surface area contributed by atoms with E-state index >= 15 is 0 Å². The van der Waals surface area contributed by atoms with Gasteiger partial charge in [-0.05, 0) is 78.2 Å². The lowest BCUT2D eigenvalue weighted by molar-refractivity contribution is -0.132. The van der Waals surface area contributed by atoms with E-state index in [4.69, 9.17) is 10.5 Å². The first-order chi connectivity index (χ1) is 21.6. The normalized spacial score (nSPS) is 17.0. The topological polar surface area (TPSA) is 142 Å². The van der Waals surface area contributed by atoms with Crippen LogP contribution in [0.3, 0.4) is 0 Å². The first kappa shape index (κ1) is 29.4. The summed E-state index contributed by atoms with van der Waals surface area (Å²) in [6.45, 7) is 0.372. The maximum absolute atomic E-state index is 13.3. The standard InChI is InChI=1S/C34H31FN6O4/c1-41(2)24-11-3-20(4-12-24)19-38-31(42)28-17-26-29(15-16-37-30(26)40-28)45-25-13-5-21(6-14-25)27-18-34(27,32(36)43)33(44)39-23-9-7-22(35)8-10-23/h3-17,27H,18-19H2,1-2H3,(H2,36,43)(H,37,40)(H,38,42)(H,39,44). The zero-order valence-electron chi connectivity index (χ0n) is 24.6. The maximum Gasteiger partial charge on any atom is 0.268 e. The Morgan fingerprint density at radius 1 is 1.02 bits per heavy atom. The Kier molecular flexibility index (Phi) is 7.67. The number of ether oxygens (including phenoxy) is 1. The molecule has 0 bridgehead atoms. The van der Waals surface area contributed by atoms with Crippen LogP contribution in [0.4, 0.5) is 15.8 Å². The molecule has 2 heterocycles. The fraction of sp³-hybridized carbons (Fsp3) is 0.176. The molecule has 0 radical (unpaired) electrons. The Morgan fingerprint density at radius 3 is 2.40 bits per heavy atom. The molecule has 45 heavy (non-hydrogen) atoms. The highest BCUT2D eigenvalue weighted by atomic mass is 19.1. The van der Waals surface area contributed by atoms with E-state index in [2.05, 4.69) is 20.6 Å². The molecule has 0 saturated heterocycles. The molecular formula is C34H31FN6O4. The van der Waals surface area contributed by atoms with E-state index in [1.54, 1.807) is 42.6 Å². The monoisotopic (exact) mass is 606 g/mol. The average Bonchev–Trinajstić information content (AvgIpc) is 3.66. The number of rotatable bonds is 10. The van der Waals surface area contributed by atoms with Gasteiger partial charge in [-0.3, -0.25) is 14.4 Å². The van der Waals surface area contributed by atoms with Crippen LogP contribution in [0.5, 0.6) is 11.5 Å². The number of H-pyrrole nitrogens is 1. The number of anilines is 2. The van der Waals surface area contributed by atoms with E-state index in [1.165, 1.54) is 24.3 Å². The van der Waals surface area contributed by atoms with Gasteiger partial charge in [-0.1, -0.05) is 24.3 Å². The summed E-state index contributed by atoms with van der Waals surface area (Å²) in [4.78, 5) is 47.8. The number of primary amides is 1. The van der Waals surface area contributed by atoms with Crippen molar-refractivity contribution in [3.63, 3.8) is 0 Å². The van der Waals surface area contributed by atoms with E-state index in [0.717, 1.165) is 16.8 Å². The predicted molar refractivity (Wildman–Crippen MR) is 169 cm³/mol. The Labute approximate surface area is 258 Å². The van der Waals surface area contributed by atoms with Gasteiger partial charge in [0.25, 0.3) is 5.91 Å². The molecule has 10 nitrogen and oxygen atoms in total. The van der Waals surface area contributed by atoms with Crippen molar-refractivity contribution in [3.8, 4) is 11.5 Å². The lowest BCUT2D eigenvalue weighted by atomic mass is 9.97. The predicted octanol–water partition coefficient (Wildman–Crippen LogP) is 5.09. The Bertz CT molecular complexity index is 1890. The molecule has 2 aromatic heterocycles. The summed E-state index contributed by atoms with van der Waals surface area (Å²) >= 11 is 0. The average molecular weight is 607 g/mol. The molecule has 11 heteroatoms. The lowest BCUT2D eigenvalue weighted by Gasteiger charge is -2.14.